The summed E-state index contributed by atoms with van der Waals surface area (Å²) in [5.41, 5.74) is 0.736. The Kier molecular flexibility index (Phi) is 4.37. The summed E-state index contributed by atoms with van der Waals surface area (Å²) in [6.45, 7) is 3.16. The second-order valence-corrected chi connectivity index (χ2v) is 5.37. The van der Waals surface area contributed by atoms with E-state index in [1.54, 1.807) is 31.2 Å². The van der Waals surface area contributed by atoms with E-state index >= 15 is 0 Å². The van der Waals surface area contributed by atoms with Crippen LogP contribution >= 0.6 is 0 Å². The fourth-order valence-corrected chi connectivity index (χ4v) is 2.33. The average molecular weight is 327 g/mol. The van der Waals surface area contributed by atoms with Gasteiger partial charge in [-0.3, -0.25) is 9.59 Å². The first-order chi connectivity index (χ1) is 11.5. The van der Waals surface area contributed by atoms with Crippen LogP contribution in [0.15, 0.2) is 42.5 Å². The summed E-state index contributed by atoms with van der Waals surface area (Å²) in [7, 11) is 0. The van der Waals surface area contributed by atoms with E-state index in [0.29, 0.717) is 28.5 Å². The quantitative estimate of drug-likeness (QED) is 0.855. The van der Waals surface area contributed by atoms with Gasteiger partial charge in [-0.05, 0) is 32.0 Å². The number of amides is 1. The molecule has 3 rings (SSSR count). The van der Waals surface area contributed by atoms with Crippen molar-refractivity contribution in [3.8, 4) is 17.2 Å². The van der Waals surface area contributed by atoms with E-state index in [4.69, 9.17) is 14.2 Å². The number of nitrogens with one attached hydrogen (secondary N) is 1. The number of carbonyl (C=O) groups excluding carboxylic acids is 2. The number of benzene rings is 2. The molecule has 1 heterocycles. The number of hydrogen-bond donors (Lipinski definition) is 1. The molecule has 0 aliphatic carbocycles. The lowest BCUT2D eigenvalue weighted by Crippen LogP contribution is -2.30. The molecule has 1 atom stereocenters. The van der Waals surface area contributed by atoms with Crippen LogP contribution in [0.3, 0.4) is 0 Å². The van der Waals surface area contributed by atoms with Crippen molar-refractivity contribution in [2.75, 3.05) is 12.1 Å². The Bertz CT molecular complexity index is 772. The van der Waals surface area contributed by atoms with Crippen LogP contribution in [0.25, 0.3) is 0 Å². The highest BCUT2D eigenvalue weighted by atomic mass is 16.7. The molecule has 6 heteroatoms. The van der Waals surface area contributed by atoms with Crippen molar-refractivity contribution >= 4 is 17.4 Å². The molecule has 2 aromatic carbocycles. The third-order valence-electron chi connectivity index (χ3n) is 3.58. The molecular formula is C18H17NO5. The molecule has 1 unspecified atom stereocenters. The third-order valence-corrected chi connectivity index (χ3v) is 3.58. The van der Waals surface area contributed by atoms with Gasteiger partial charge in [0.25, 0.3) is 5.91 Å². The minimum atomic E-state index is -0.724. The molecule has 1 N–H and O–H groups in total. The predicted molar refractivity (Wildman–Crippen MR) is 87.7 cm³/mol. The van der Waals surface area contributed by atoms with Crippen LogP contribution in [-0.2, 0) is 4.79 Å². The number of fused-ring (bicyclic) bond motifs is 1. The van der Waals surface area contributed by atoms with Gasteiger partial charge in [-0.25, -0.2) is 0 Å². The molecule has 0 saturated heterocycles. The number of Topliss-reactive ketones (excluding diaryl/α,β-unsaturated/α-hetero) is 1. The zero-order chi connectivity index (χ0) is 17.1. The van der Waals surface area contributed by atoms with Crippen molar-refractivity contribution in [1.29, 1.82) is 0 Å². The van der Waals surface area contributed by atoms with E-state index < -0.39 is 6.10 Å². The summed E-state index contributed by atoms with van der Waals surface area (Å²) in [4.78, 5) is 24.2. The topological polar surface area (TPSA) is 73.9 Å². The molecule has 0 aromatic heterocycles. The molecule has 0 fully saturated rings. The van der Waals surface area contributed by atoms with Gasteiger partial charge in [0, 0.05) is 11.6 Å². The number of carbonyl (C=O) groups is 2. The van der Waals surface area contributed by atoms with Crippen LogP contribution < -0.4 is 19.5 Å². The Hall–Kier alpha value is -3.02. The number of rotatable bonds is 5. The summed E-state index contributed by atoms with van der Waals surface area (Å²) < 4.78 is 16.1. The second kappa shape index (κ2) is 6.62. The van der Waals surface area contributed by atoms with Crippen LogP contribution in [0.1, 0.15) is 24.2 Å². The SMILES string of the molecule is CC(=O)c1cc2c(cc1NC(=O)C(C)Oc1ccccc1)OCO2. The minimum Gasteiger partial charge on any atom is -0.481 e. The number of anilines is 1. The number of ketones is 1. The number of hydrogen-bond acceptors (Lipinski definition) is 5. The minimum absolute atomic E-state index is 0.0948. The van der Waals surface area contributed by atoms with E-state index in [1.165, 1.54) is 6.92 Å². The lowest BCUT2D eigenvalue weighted by molar-refractivity contribution is -0.122. The van der Waals surface area contributed by atoms with Crippen molar-refractivity contribution in [2.45, 2.75) is 20.0 Å². The molecule has 24 heavy (non-hydrogen) atoms. The molecule has 1 aliphatic rings. The smallest absolute Gasteiger partial charge is 0.265 e. The van der Waals surface area contributed by atoms with Crippen LogP contribution in [0.5, 0.6) is 17.2 Å². The zero-order valence-corrected chi connectivity index (χ0v) is 13.4. The molecule has 0 saturated carbocycles. The highest BCUT2D eigenvalue weighted by molar-refractivity contribution is 6.05. The van der Waals surface area contributed by atoms with E-state index in [1.807, 2.05) is 18.2 Å². The maximum absolute atomic E-state index is 12.4. The second-order valence-electron chi connectivity index (χ2n) is 5.37. The van der Waals surface area contributed by atoms with E-state index in [2.05, 4.69) is 5.32 Å². The van der Waals surface area contributed by atoms with Crippen LogP contribution in [0.2, 0.25) is 0 Å². The largest absolute Gasteiger partial charge is 0.481 e. The fraction of sp³-hybridized carbons (Fsp3) is 0.222. The summed E-state index contributed by atoms with van der Waals surface area (Å²) >= 11 is 0. The monoisotopic (exact) mass is 327 g/mol. The Labute approximate surface area is 139 Å². The normalized spacial score (nSPS) is 13.2. The molecule has 0 radical (unpaired) electrons. The number of para-hydroxylation sites is 1. The summed E-state index contributed by atoms with van der Waals surface area (Å²) in [6.07, 6.45) is -0.724. The first kappa shape index (κ1) is 15.9. The van der Waals surface area contributed by atoms with Gasteiger partial charge in [-0.15, -0.1) is 0 Å². The molecule has 1 aliphatic heterocycles. The first-order valence-corrected chi connectivity index (χ1v) is 7.52. The standard InChI is InChI=1S/C18H17NO5/c1-11(20)14-8-16-17(23-10-22-16)9-15(14)19-18(21)12(2)24-13-6-4-3-5-7-13/h3-9,12H,10H2,1-2H3,(H,19,21). The van der Waals surface area contributed by atoms with Crippen molar-refractivity contribution in [3.63, 3.8) is 0 Å². The van der Waals surface area contributed by atoms with Crippen molar-refractivity contribution in [2.24, 2.45) is 0 Å². The highest BCUT2D eigenvalue weighted by Crippen LogP contribution is 2.37. The molecule has 2 aromatic rings. The van der Waals surface area contributed by atoms with Gasteiger partial charge in [0.15, 0.2) is 23.4 Å². The van der Waals surface area contributed by atoms with Gasteiger partial charge < -0.3 is 19.5 Å². The van der Waals surface area contributed by atoms with E-state index in [0.717, 1.165) is 0 Å². The van der Waals surface area contributed by atoms with Gasteiger partial charge in [-0.2, -0.15) is 0 Å². The molecule has 6 nitrogen and oxygen atoms in total. The Morgan fingerprint density at radius 1 is 1.12 bits per heavy atom. The summed E-state index contributed by atoms with van der Waals surface area (Å²) in [6, 6.07) is 12.2. The van der Waals surface area contributed by atoms with Crippen molar-refractivity contribution in [1.82, 2.24) is 0 Å². The fourth-order valence-electron chi connectivity index (χ4n) is 2.33. The first-order valence-electron chi connectivity index (χ1n) is 7.52. The zero-order valence-electron chi connectivity index (χ0n) is 13.4. The average Bonchev–Trinajstić information content (AvgIpc) is 3.02. The van der Waals surface area contributed by atoms with Gasteiger partial charge >= 0.3 is 0 Å². The Morgan fingerprint density at radius 2 is 1.79 bits per heavy atom. The molecular weight excluding hydrogens is 310 g/mol. The Balaban J connectivity index is 1.77. The van der Waals surface area contributed by atoms with E-state index in [9.17, 15) is 9.59 Å². The van der Waals surface area contributed by atoms with Gasteiger partial charge in [0.05, 0.1) is 5.69 Å². The third kappa shape index (κ3) is 3.32. The number of ether oxygens (including phenoxy) is 3. The van der Waals surface area contributed by atoms with Gasteiger partial charge in [0.1, 0.15) is 5.75 Å². The van der Waals surface area contributed by atoms with Crippen molar-refractivity contribution in [3.05, 3.63) is 48.0 Å². The van der Waals surface area contributed by atoms with Crippen LogP contribution in [-0.4, -0.2) is 24.6 Å². The maximum atomic E-state index is 12.4. The van der Waals surface area contributed by atoms with Crippen LogP contribution in [0.4, 0.5) is 5.69 Å². The Morgan fingerprint density at radius 3 is 2.46 bits per heavy atom. The highest BCUT2D eigenvalue weighted by Gasteiger charge is 2.22. The van der Waals surface area contributed by atoms with Crippen molar-refractivity contribution < 1.29 is 23.8 Å². The molecule has 124 valence electrons. The lowest BCUT2D eigenvalue weighted by atomic mass is 10.1. The predicted octanol–water partition coefficient (Wildman–Crippen LogP) is 3.02. The molecule has 0 spiro atoms. The van der Waals surface area contributed by atoms with Gasteiger partial charge in [-0.1, -0.05) is 18.2 Å². The maximum Gasteiger partial charge on any atom is 0.265 e. The van der Waals surface area contributed by atoms with E-state index in [-0.39, 0.29) is 18.5 Å². The van der Waals surface area contributed by atoms with Crippen LogP contribution in [0, 0.1) is 0 Å². The summed E-state index contributed by atoms with van der Waals surface area (Å²) in [5, 5.41) is 2.72. The molecule has 0 bridgehead atoms. The lowest BCUT2D eigenvalue weighted by Gasteiger charge is -2.16. The van der Waals surface area contributed by atoms with Gasteiger partial charge in [0.2, 0.25) is 6.79 Å². The molecule has 1 amide bonds. The summed E-state index contributed by atoms with van der Waals surface area (Å²) in [5.74, 6) is 1.04.